The summed E-state index contributed by atoms with van der Waals surface area (Å²) >= 11 is 0. The Morgan fingerprint density at radius 3 is 2.87 bits per heavy atom. The van der Waals surface area contributed by atoms with Gasteiger partial charge in [0.1, 0.15) is 0 Å². The van der Waals surface area contributed by atoms with Gasteiger partial charge >= 0.3 is 0 Å². The Morgan fingerprint density at radius 2 is 2.13 bits per heavy atom. The van der Waals surface area contributed by atoms with E-state index >= 15 is 0 Å². The summed E-state index contributed by atoms with van der Waals surface area (Å²) < 4.78 is 0. The maximum Gasteiger partial charge on any atom is 0.244 e. The van der Waals surface area contributed by atoms with Gasteiger partial charge in [-0.15, -0.1) is 12.4 Å². The minimum absolute atomic E-state index is 0. The van der Waals surface area contributed by atoms with Gasteiger partial charge in [-0.1, -0.05) is 12.2 Å². The highest BCUT2D eigenvalue weighted by Gasteiger charge is 2.14. The summed E-state index contributed by atoms with van der Waals surface area (Å²) in [4.78, 5) is 15.0. The van der Waals surface area contributed by atoms with Crippen molar-refractivity contribution in [1.82, 2.24) is 0 Å². The van der Waals surface area contributed by atoms with Gasteiger partial charge in [0.15, 0.2) is 0 Å². The zero-order valence-electron chi connectivity index (χ0n) is 8.01. The Hall–Kier alpha value is -1.61. The number of rotatable bonds is 1. The van der Waals surface area contributed by atoms with Gasteiger partial charge in [-0.25, -0.2) is 0 Å². The molecule has 0 saturated heterocycles. The zero-order chi connectivity index (χ0) is 9.97. The molecular weight excluding hydrogens is 212 g/mol. The minimum atomic E-state index is -0.355. The topological polar surface area (TPSA) is 55.5 Å². The van der Waals surface area contributed by atoms with Crippen LogP contribution in [0.4, 0.5) is 0 Å². The van der Waals surface area contributed by atoms with Crippen molar-refractivity contribution in [2.75, 3.05) is 0 Å². The molecule has 0 fully saturated rings. The average Bonchev–Trinajstić information content (AvgIpc) is 2.41. The molecule has 4 heteroatoms. The summed E-state index contributed by atoms with van der Waals surface area (Å²) in [6.45, 7) is 0. The second kappa shape index (κ2) is 4.75. The fourth-order valence-electron chi connectivity index (χ4n) is 1.46. The summed E-state index contributed by atoms with van der Waals surface area (Å²) in [6.07, 6.45) is 11.5. The Kier molecular flexibility index (Phi) is 3.63. The van der Waals surface area contributed by atoms with Gasteiger partial charge in [-0.05, 0) is 23.3 Å². The van der Waals surface area contributed by atoms with Crippen LogP contribution in [-0.4, -0.2) is 12.1 Å². The lowest BCUT2D eigenvalue weighted by molar-refractivity contribution is -0.114. The van der Waals surface area contributed by atoms with E-state index in [4.69, 9.17) is 5.73 Å². The quantitative estimate of drug-likeness (QED) is 0.721. The zero-order valence-corrected chi connectivity index (χ0v) is 8.83. The standard InChI is InChI=1S/C11H10N2O.ClH/c12-11(14)10-2-1-8-3-5-13-6-4-9(8)7-10;/h1-6H,7H2,(H2,12,14);1H. The lowest BCUT2D eigenvalue weighted by Gasteiger charge is -2.12. The molecule has 1 heterocycles. The van der Waals surface area contributed by atoms with E-state index in [2.05, 4.69) is 4.99 Å². The Labute approximate surface area is 94.2 Å². The van der Waals surface area contributed by atoms with Crippen molar-refractivity contribution in [3.63, 3.8) is 0 Å². The molecular formula is C11H11ClN2O. The molecule has 15 heavy (non-hydrogen) atoms. The van der Waals surface area contributed by atoms with Gasteiger partial charge in [0.25, 0.3) is 0 Å². The van der Waals surface area contributed by atoms with E-state index in [9.17, 15) is 4.79 Å². The van der Waals surface area contributed by atoms with E-state index in [0.717, 1.165) is 11.1 Å². The molecule has 0 radical (unpaired) electrons. The molecule has 0 aromatic carbocycles. The first kappa shape index (κ1) is 11.5. The van der Waals surface area contributed by atoms with Gasteiger partial charge in [-0.2, -0.15) is 0 Å². The van der Waals surface area contributed by atoms with Crippen LogP contribution in [0, 0.1) is 0 Å². The van der Waals surface area contributed by atoms with Crippen LogP contribution in [-0.2, 0) is 4.79 Å². The molecule has 3 nitrogen and oxygen atoms in total. The molecule has 2 aliphatic rings. The third-order valence-electron chi connectivity index (χ3n) is 2.23. The highest BCUT2D eigenvalue weighted by Crippen LogP contribution is 2.25. The molecule has 0 bridgehead atoms. The molecule has 1 amide bonds. The van der Waals surface area contributed by atoms with E-state index in [1.165, 1.54) is 0 Å². The van der Waals surface area contributed by atoms with Crippen LogP contribution in [0.15, 0.2) is 52.2 Å². The number of hydrogen-bond acceptors (Lipinski definition) is 2. The van der Waals surface area contributed by atoms with Crippen molar-refractivity contribution in [3.8, 4) is 0 Å². The molecule has 0 spiro atoms. The third-order valence-corrected chi connectivity index (χ3v) is 2.23. The van der Waals surface area contributed by atoms with E-state index in [0.29, 0.717) is 12.0 Å². The number of hydrogen-bond donors (Lipinski definition) is 1. The lowest BCUT2D eigenvalue weighted by atomic mass is 9.92. The van der Waals surface area contributed by atoms with Crippen LogP contribution >= 0.6 is 12.4 Å². The summed E-state index contributed by atoms with van der Waals surface area (Å²) in [6, 6.07) is 0. The predicted molar refractivity (Wildman–Crippen MR) is 62.9 cm³/mol. The van der Waals surface area contributed by atoms with E-state index < -0.39 is 0 Å². The first-order chi connectivity index (χ1) is 6.77. The molecule has 2 N–H and O–H groups in total. The normalized spacial score (nSPS) is 17.7. The average molecular weight is 223 g/mol. The SMILES string of the molecule is Cl.NC(=O)C1=CC=C2C=CN=CC=C2C1. The molecule has 78 valence electrons. The number of primary amides is 1. The molecule has 0 aromatic heterocycles. The molecule has 2 rings (SSSR count). The maximum atomic E-state index is 11.0. The fourth-order valence-corrected chi connectivity index (χ4v) is 1.46. The number of fused-ring (bicyclic) bond motifs is 1. The van der Waals surface area contributed by atoms with Crippen molar-refractivity contribution in [3.05, 3.63) is 47.2 Å². The van der Waals surface area contributed by atoms with Crippen molar-refractivity contribution in [1.29, 1.82) is 0 Å². The van der Waals surface area contributed by atoms with Crippen LogP contribution in [0.2, 0.25) is 0 Å². The first-order valence-corrected chi connectivity index (χ1v) is 4.37. The van der Waals surface area contributed by atoms with E-state index in [1.54, 1.807) is 18.5 Å². The summed E-state index contributed by atoms with van der Waals surface area (Å²) in [5.41, 5.74) is 8.03. The van der Waals surface area contributed by atoms with Crippen molar-refractivity contribution < 1.29 is 4.79 Å². The molecule has 1 aliphatic heterocycles. The number of carbonyl (C=O) groups is 1. The smallest absolute Gasteiger partial charge is 0.244 e. The van der Waals surface area contributed by atoms with Crippen LogP contribution in [0.1, 0.15) is 6.42 Å². The van der Waals surface area contributed by atoms with Crippen molar-refractivity contribution in [2.24, 2.45) is 10.7 Å². The Bertz CT molecular complexity index is 428. The van der Waals surface area contributed by atoms with Gasteiger partial charge in [0, 0.05) is 24.4 Å². The number of amides is 1. The Balaban J connectivity index is 0.00000112. The number of aliphatic imine (C=N–C) groups is 1. The van der Waals surface area contributed by atoms with Crippen molar-refractivity contribution >= 4 is 24.5 Å². The molecule has 0 atom stereocenters. The third kappa shape index (κ3) is 2.44. The van der Waals surface area contributed by atoms with E-state index in [1.807, 2.05) is 18.2 Å². The minimum Gasteiger partial charge on any atom is -0.366 e. The number of nitrogens with zero attached hydrogens (tertiary/aromatic N) is 1. The highest BCUT2D eigenvalue weighted by molar-refractivity contribution is 5.94. The number of nitrogens with two attached hydrogens (primary N) is 1. The number of carbonyl (C=O) groups excluding carboxylic acids is 1. The highest BCUT2D eigenvalue weighted by atomic mass is 35.5. The monoisotopic (exact) mass is 222 g/mol. The number of halogens is 1. The van der Waals surface area contributed by atoms with Crippen LogP contribution in [0.25, 0.3) is 0 Å². The predicted octanol–water partition coefficient (Wildman–Crippen LogP) is 1.67. The second-order valence-corrected chi connectivity index (χ2v) is 3.16. The van der Waals surface area contributed by atoms with Crippen LogP contribution in [0.5, 0.6) is 0 Å². The fraction of sp³-hybridized carbons (Fsp3) is 0.0909. The summed E-state index contributed by atoms with van der Waals surface area (Å²) in [7, 11) is 0. The maximum absolute atomic E-state index is 11.0. The van der Waals surface area contributed by atoms with Crippen LogP contribution in [0.3, 0.4) is 0 Å². The van der Waals surface area contributed by atoms with Crippen LogP contribution < -0.4 is 5.73 Å². The summed E-state index contributed by atoms with van der Waals surface area (Å²) in [5, 5.41) is 0. The van der Waals surface area contributed by atoms with E-state index in [-0.39, 0.29) is 18.3 Å². The molecule has 0 aromatic rings. The second-order valence-electron chi connectivity index (χ2n) is 3.16. The largest absolute Gasteiger partial charge is 0.366 e. The molecule has 0 saturated carbocycles. The molecule has 1 aliphatic carbocycles. The van der Waals surface area contributed by atoms with Gasteiger partial charge in [-0.3, -0.25) is 9.79 Å². The first-order valence-electron chi connectivity index (χ1n) is 4.37. The van der Waals surface area contributed by atoms with Crippen molar-refractivity contribution in [2.45, 2.75) is 6.42 Å². The van der Waals surface area contributed by atoms with Gasteiger partial charge < -0.3 is 5.73 Å². The molecule has 0 unspecified atom stereocenters. The van der Waals surface area contributed by atoms with Gasteiger partial charge in [0.05, 0.1) is 0 Å². The Morgan fingerprint density at radius 1 is 1.33 bits per heavy atom. The van der Waals surface area contributed by atoms with Gasteiger partial charge in [0.2, 0.25) is 5.91 Å². The number of allylic oxidation sites excluding steroid dienone is 6. The lowest BCUT2D eigenvalue weighted by Crippen LogP contribution is -2.16. The summed E-state index contributed by atoms with van der Waals surface area (Å²) in [5.74, 6) is -0.355.